The smallest absolute Gasteiger partial charge is 0.211 e. The first-order valence-electron chi connectivity index (χ1n) is 12.8. The first-order valence-corrected chi connectivity index (χ1v) is 14.6. The van der Waals surface area contributed by atoms with Gasteiger partial charge in [-0.05, 0) is 50.6 Å². The van der Waals surface area contributed by atoms with E-state index in [0.29, 0.717) is 24.6 Å². The number of benzene rings is 1. The van der Waals surface area contributed by atoms with Crippen LogP contribution in [0.15, 0.2) is 36.7 Å². The molecule has 2 aliphatic heterocycles. The van der Waals surface area contributed by atoms with Crippen LogP contribution < -0.4 is 14.4 Å². The zero-order chi connectivity index (χ0) is 27.5. The number of aryl methyl sites for hydroxylation is 2. The maximum absolute atomic E-state index is 11.7. The summed E-state index contributed by atoms with van der Waals surface area (Å²) in [5.74, 6) is 2.06. The summed E-state index contributed by atoms with van der Waals surface area (Å²) in [6, 6.07) is 7.79. The number of pyridine rings is 1. The molecule has 1 spiro atoms. The highest BCUT2D eigenvalue weighted by Crippen LogP contribution is 2.44. The first kappa shape index (κ1) is 25.5. The second-order valence-electron chi connectivity index (χ2n) is 10.7. The number of nitrogens with zero attached hydrogens (tertiary/aromatic N) is 6. The van der Waals surface area contributed by atoms with Crippen molar-refractivity contribution in [3.05, 3.63) is 53.5 Å². The number of aromatic nitrogens is 5. The van der Waals surface area contributed by atoms with Gasteiger partial charge in [-0.15, -0.1) is 0 Å². The van der Waals surface area contributed by atoms with Gasteiger partial charge in [-0.3, -0.25) is 5.10 Å². The van der Waals surface area contributed by atoms with Crippen molar-refractivity contribution in [2.24, 2.45) is 5.41 Å². The summed E-state index contributed by atoms with van der Waals surface area (Å²) in [6.07, 6.45) is 4.55. The molecule has 0 aliphatic carbocycles. The summed E-state index contributed by atoms with van der Waals surface area (Å²) in [6.45, 7) is 8.68. The highest BCUT2D eigenvalue weighted by Gasteiger charge is 2.54. The molecule has 204 valence electrons. The second kappa shape index (κ2) is 9.16. The third kappa shape index (κ3) is 4.37. The van der Waals surface area contributed by atoms with Crippen LogP contribution in [0.5, 0.6) is 11.5 Å². The zero-order valence-corrected chi connectivity index (χ0v) is 23.4. The van der Waals surface area contributed by atoms with E-state index in [1.807, 2.05) is 51.2 Å². The molecule has 2 fully saturated rings. The van der Waals surface area contributed by atoms with E-state index in [1.165, 1.54) is 10.6 Å². The van der Waals surface area contributed by atoms with Crippen molar-refractivity contribution in [3.8, 4) is 22.8 Å². The number of methoxy groups -OCH3 is 1. The maximum atomic E-state index is 11.7. The van der Waals surface area contributed by atoms with Crippen molar-refractivity contribution < 1.29 is 17.9 Å². The van der Waals surface area contributed by atoms with E-state index in [-0.39, 0.29) is 11.5 Å². The quantitative estimate of drug-likeness (QED) is 0.370. The minimum Gasteiger partial charge on any atom is -0.492 e. The van der Waals surface area contributed by atoms with Gasteiger partial charge >= 0.3 is 0 Å². The standard InChI is InChI=1S/C27H31N7O4S/c1-16-10-29-30-17(2)23(16)18(3)38-21-8-7-20-24(26(21)37-4)25(32-31-20)19-6-9-22(28-11-19)33-12-27(13-33)14-34(15-27)39(5,35)36/h6-11,18H,12-15H2,1-5H3,(H,31,32)/t18-/m1/s1. The highest BCUT2D eigenvalue weighted by atomic mass is 32.2. The minimum atomic E-state index is -3.11. The lowest BCUT2D eigenvalue weighted by Crippen LogP contribution is -2.73. The summed E-state index contributed by atoms with van der Waals surface area (Å²) in [4.78, 5) is 6.87. The Balaban J connectivity index is 1.23. The molecule has 0 bridgehead atoms. The van der Waals surface area contributed by atoms with E-state index in [2.05, 4.69) is 25.3 Å². The lowest BCUT2D eigenvalue weighted by molar-refractivity contribution is 0.0395. The van der Waals surface area contributed by atoms with Gasteiger partial charge in [0.25, 0.3) is 0 Å². The molecule has 1 aromatic carbocycles. The molecule has 0 radical (unpaired) electrons. The number of nitrogens with one attached hydrogen (secondary N) is 1. The van der Waals surface area contributed by atoms with E-state index in [9.17, 15) is 8.42 Å². The molecule has 4 aromatic rings. The molecule has 5 heterocycles. The van der Waals surface area contributed by atoms with Gasteiger partial charge in [0, 0.05) is 48.9 Å². The molecule has 1 N–H and O–H groups in total. The van der Waals surface area contributed by atoms with Gasteiger partial charge in [-0.25, -0.2) is 17.7 Å². The average Bonchev–Trinajstić information content (AvgIpc) is 3.26. The molecule has 0 saturated carbocycles. The summed E-state index contributed by atoms with van der Waals surface area (Å²) in [7, 11) is -1.49. The number of anilines is 1. The SMILES string of the molecule is COc1c(O[C@H](C)c2c(C)cnnc2C)ccc2[nH]nc(-c3ccc(N4CC5(C4)CN(S(C)(=O)=O)C5)nc3)c12. The van der Waals surface area contributed by atoms with Gasteiger partial charge in [0.2, 0.25) is 10.0 Å². The van der Waals surface area contributed by atoms with Gasteiger partial charge in [0.05, 0.1) is 36.2 Å². The molecule has 1 atom stereocenters. The molecule has 12 heteroatoms. The predicted molar refractivity (Wildman–Crippen MR) is 147 cm³/mol. The zero-order valence-electron chi connectivity index (χ0n) is 22.6. The maximum Gasteiger partial charge on any atom is 0.211 e. The van der Waals surface area contributed by atoms with Crippen LogP contribution in [0.4, 0.5) is 5.82 Å². The van der Waals surface area contributed by atoms with E-state index in [1.54, 1.807) is 13.3 Å². The average molecular weight is 550 g/mol. The summed E-state index contributed by atoms with van der Waals surface area (Å²) < 4.78 is 37.2. The van der Waals surface area contributed by atoms with Crippen LogP contribution in [-0.2, 0) is 10.0 Å². The van der Waals surface area contributed by atoms with Crippen LogP contribution in [0, 0.1) is 19.3 Å². The number of hydrogen-bond acceptors (Lipinski definition) is 9. The van der Waals surface area contributed by atoms with Gasteiger partial charge in [-0.1, -0.05) is 0 Å². The van der Waals surface area contributed by atoms with Gasteiger partial charge < -0.3 is 14.4 Å². The molecule has 2 aliphatic rings. The predicted octanol–water partition coefficient (Wildman–Crippen LogP) is 3.26. The minimum absolute atomic E-state index is 0.0478. The normalized spacial score (nSPS) is 17.6. The topological polar surface area (TPSA) is 126 Å². The fraction of sp³-hybridized carbons (Fsp3) is 0.407. The van der Waals surface area contributed by atoms with Gasteiger partial charge in [0.15, 0.2) is 11.5 Å². The van der Waals surface area contributed by atoms with Crippen molar-refractivity contribution >= 4 is 26.7 Å². The van der Waals surface area contributed by atoms with Crippen LogP contribution in [0.1, 0.15) is 29.8 Å². The number of H-pyrrole nitrogens is 1. The molecular weight excluding hydrogens is 518 g/mol. The number of aromatic amines is 1. The van der Waals surface area contributed by atoms with E-state index in [0.717, 1.165) is 57.9 Å². The van der Waals surface area contributed by atoms with Crippen LogP contribution >= 0.6 is 0 Å². The molecule has 3 aromatic heterocycles. The number of hydrogen-bond donors (Lipinski definition) is 1. The van der Waals surface area contributed by atoms with Crippen LogP contribution in [0.3, 0.4) is 0 Å². The van der Waals surface area contributed by atoms with E-state index in [4.69, 9.17) is 14.5 Å². The van der Waals surface area contributed by atoms with Crippen molar-refractivity contribution in [1.82, 2.24) is 29.7 Å². The molecule has 0 amide bonds. The number of sulfonamides is 1. The van der Waals surface area contributed by atoms with Crippen LogP contribution in [-0.4, -0.2) is 77.6 Å². The number of ether oxygens (including phenoxy) is 2. The Hall–Kier alpha value is -3.77. The number of fused-ring (bicyclic) bond motifs is 1. The Kier molecular flexibility index (Phi) is 5.99. The van der Waals surface area contributed by atoms with Crippen molar-refractivity contribution in [2.45, 2.75) is 26.9 Å². The van der Waals surface area contributed by atoms with Crippen molar-refractivity contribution in [2.75, 3.05) is 44.4 Å². The Labute approximate surface area is 227 Å². The third-order valence-corrected chi connectivity index (χ3v) is 8.92. The largest absolute Gasteiger partial charge is 0.492 e. The molecule has 2 saturated heterocycles. The van der Waals surface area contributed by atoms with Crippen LogP contribution in [0.2, 0.25) is 0 Å². The molecular formula is C27H31N7O4S. The fourth-order valence-electron chi connectivity index (χ4n) is 5.82. The molecule has 0 unspecified atom stereocenters. The van der Waals surface area contributed by atoms with Gasteiger partial charge in [-0.2, -0.15) is 15.3 Å². The molecule has 11 nitrogen and oxygen atoms in total. The summed E-state index contributed by atoms with van der Waals surface area (Å²) in [5, 5.41) is 16.7. The van der Waals surface area contributed by atoms with E-state index >= 15 is 0 Å². The summed E-state index contributed by atoms with van der Waals surface area (Å²) in [5.41, 5.74) is 5.29. The Morgan fingerprint density at radius 1 is 1.08 bits per heavy atom. The second-order valence-corrected chi connectivity index (χ2v) is 12.7. The Morgan fingerprint density at radius 2 is 1.85 bits per heavy atom. The first-order chi connectivity index (χ1) is 18.6. The lowest BCUT2D eigenvalue weighted by Gasteiger charge is -2.59. The van der Waals surface area contributed by atoms with Crippen LogP contribution in [0.25, 0.3) is 22.2 Å². The Morgan fingerprint density at radius 3 is 2.49 bits per heavy atom. The lowest BCUT2D eigenvalue weighted by atomic mass is 9.74. The molecule has 6 rings (SSSR count). The van der Waals surface area contributed by atoms with Crippen molar-refractivity contribution in [1.29, 1.82) is 0 Å². The Bertz CT molecular complexity index is 1640. The third-order valence-electron chi connectivity index (χ3n) is 7.73. The summed E-state index contributed by atoms with van der Waals surface area (Å²) >= 11 is 0. The number of rotatable bonds is 7. The van der Waals surface area contributed by atoms with Crippen molar-refractivity contribution in [3.63, 3.8) is 0 Å². The monoisotopic (exact) mass is 549 g/mol. The highest BCUT2D eigenvalue weighted by molar-refractivity contribution is 7.88. The molecule has 39 heavy (non-hydrogen) atoms. The van der Waals surface area contributed by atoms with E-state index < -0.39 is 10.0 Å². The fourth-order valence-corrected chi connectivity index (χ4v) is 6.83. The van der Waals surface area contributed by atoms with Gasteiger partial charge in [0.1, 0.15) is 17.6 Å².